The number of aromatic nitrogens is 2. The first-order valence-corrected chi connectivity index (χ1v) is 11.2. The fourth-order valence-electron chi connectivity index (χ4n) is 3.39. The molecule has 0 unspecified atom stereocenters. The molecule has 0 aliphatic heterocycles. The molecule has 1 heterocycles. The van der Waals surface area contributed by atoms with Crippen molar-refractivity contribution in [2.75, 3.05) is 4.72 Å². The van der Waals surface area contributed by atoms with Gasteiger partial charge in [-0.3, -0.25) is 14.1 Å². The van der Waals surface area contributed by atoms with Gasteiger partial charge in [0.2, 0.25) is 0 Å². The summed E-state index contributed by atoms with van der Waals surface area (Å²) in [4.78, 5) is 17.5. The third-order valence-electron chi connectivity index (χ3n) is 5.04. The van der Waals surface area contributed by atoms with Crippen LogP contribution in [0.1, 0.15) is 18.3 Å². The summed E-state index contributed by atoms with van der Waals surface area (Å²) >= 11 is 0. The van der Waals surface area contributed by atoms with E-state index in [1.165, 1.54) is 28.8 Å². The number of hydrogen-bond acceptors (Lipinski definition) is 4. The molecule has 8 heteroatoms. The lowest BCUT2D eigenvalue weighted by Crippen LogP contribution is -2.22. The van der Waals surface area contributed by atoms with Crippen molar-refractivity contribution >= 4 is 26.6 Å². The second kappa shape index (κ2) is 7.96. The summed E-state index contributed by atoms with van der Waals surface area (Å²) < 4.78 is 43.6. The maximum Gasteiger partial charge on any atom is 0.265 e. The number of halogens is 1. The van der Waals surface area contributed by atoms with E-state index in [4.69, 9.17) is 0 Å². The van der Waals surface area contributed by atoms with Crippen molar-refractivity contribution in [2.45, 2.75) is 25.2 Å². The minimum atomic E-state index is -4.01. The first kappa shape index (κ1) is 20.7. The lowest BCUT2D eigenvalue weighted by atomic mass is 10.2. The molecule has 0 radical (unpaired) electrons. The molecule has 1 aromatic heterocycles. The second-order valence-corrected chi connectivity index (χ2v) is 8.77. The van der Waals surface area contributed by atoms with Crippen LogP contribution in [0.2, 0.25) is 0 Å². The molecule has 1 N–H and O–H groups in total. The second-order valence-electron chi connectivity index (χ2n) is 7.08. The van der Waals surface area contributed by atoms with E-state index in [2.05, 4.69) is 9.71 Å². The molecule has 0 atom stereocenters. The van der Waals surface area contributed by atoms with Gasteiger partial charge in [0.15, 0.2) is 0 Å². The Hall–Kier alpha value is -3.52. The number of rotatable bonds is 5. The lowest BCUT2D eigenvalue weighted by Gasteiger charge is -2.14. The van der Waals surface area contributed by atoms with E-state index in [1.54, 1.807) is 43.3 Å². The van der Waals surface area contributed by atoms with Crippen molar-refractivity contribution in [3.63, 3.8) is 0 Å². The molecule has 4 aromatic rings. The van der Waals surface area contributed by atoms with E-state index in [-0.39, 0.29) is 16.1 Å². The molecular formula is C23H20FN3O3S. The third-order valence-corrected chi connectivity index (χ3v) is 6.42. The normalized spacial score (nSPS) is 11.6. The van der Waals surface area contributed by atoms with Crippen molar-refractivity contribution in [3.8, 4) is 5.69 Å². The minimum Gasteiger partial charge on any atom is -0.277 e. The van der Waals surface area contributed by atoms with Gasteiger partial charge >= 0.3 is 0 Å². The number of fused-ring (bicyclic) bond motifs is 1. The number of hydrogen-bond donors (Lipinski definition) is 1. The molecule has 0 aliphatic rings. The van der Waals surface area contributed by atoms with Crippen molar-refractivity contribution in [1.82, 2.24) is 9.55 Å². The average Bonchev–Trinajstić information content (AvgIpc) is 2.76. The number of aryl methyl sites for hydroxylation is 2. The molecule has 0 aliphatic carbocycles. The number of nitrogens with zero attached hydrogens (tertiary/aromatic N) is 2. The van der Waals surface area contributed by atoms with Crippen LogP contribution in [0.5, 0.6) is 0 Å². The van der Waals surface area contributed by atoms with Gasteiger partial charge in [0.05, 0.1) is 27.2 Å². The molecule has 0 amide bonds. The molecule has 0 fully saturated rings. The van der Waals surface area contributed by atoms with Crippen LogP contribution >= 0.6 is 0 Å². The molecule has 31 heavy (non-hydrogen) atoms. The van der Waals surface area contributed by atoms with Crippen LogP contribution < -0.4 is 10.3 Å². The van der Waals surface area contributed by atoms with E-state index >= 15 is 0 Å². The van der Waals surface area contributed by atoms with Crippen LogP contribution in [0.4, 0.5) is 10.1 Å². The zero-order valence-corrected chi connectivity index (χ0v) is 17.8. The summed E-state index contributed by atoms with van der Waals surface area (Å²) in [5.74, 6) is -0.351. The smallest absolute Gasteiger partial charge is 0.265 e. The molecule has 3 aromatic carbocycles. The van der Waals surface area contributed by atoms with Crippen molar-refractivity contribution < 1.29 is 12.8 Å². The Labute approximate surface area is 179 Å². The highest BCUT2D eigenvalue weighted by Gasteiger charge is 2.18. The van der Waals surface area contributed by atoms with Gasteiger partial charge in [0, 0.05) is 0 Å². The minimum absolute atomic E-state index is 0.0234. The van der Waals surface area contributed by atoms with Gasteiger partial charge in [-0.25, -0.2) is 17.8 Å². The zero-order valence-electron chi connectivity index (χ0n) is 17.0. The van der Waals surface area contributed by atoms with E-state index in [9.17, 15) is 17.6 Å². The van der Waals surface area contributed by atoms with Crippen LogP contribution in [0.25, 0.3) is 16.6 Å². The summed E-state index contributed by atoms with van der Waals surface area (Å²) in [6.07, 6.45) is 0.776. The predicted octanol–water partition coefficient (Wildman–Crippen LogP) is 4.20. The fourth-order valence-corrected chi connectivity index (χ4v) is 4.44. The highest BCUT2D eigenvalue weighted by molar-refractivity contribution is 7.92. The summed E-state index contributed by atoms with van der Waals surface area (Å²) in [5.41, 5.74) is 1.28. The van der Waals surface area contributed by atoms with E-state index < -0.39 is 15.8 Å². The Balaban J connectivity index is 1.78. The van der Waals surface area contributed by atoms with E-state index in [1.807, 2.05) is 6.92 Å². The molecule has 0 spiro atoms. The van der Waals surface area contributed by atoms with Gasteiger partial charge in [-0.2, -0.15) is 0 Å². The Morgan fingerprint density at radius 1 is 1.03 bits per heavy atom. The first-order chi connectivity index (χ1) is 14.8. The van der Waals surface area contributed by atoms with Gasteiger partial charge < -0.3 is 0 Å². The van der Waals surface area contributed by atoms with E-state index in [0.717, 1.165) is 18.1 Å². The van der Waals surface area contributed by atoms with Crippen molar-refractivity contribution in [1.29, 1.82) is 0 Å². The number of anilines is 1. The molecule has 0 saturated heterocycles. The number of benzene rings is 3. The monoisotopic (exact) mass is 437 g/mol. The molecule has 0 saturated carbocycles. The number of nitrogens with one attached hydrogen (secondary N) is 1. The Bertz CT molecular complexity index is 1450. The number of sulfonamides is 1. The quantitative estimate of drug-likeness (QED) is 0.508. The summed E-state index contributed by atoms with van der Waals surface area (Å²) in [6, 6.07) is 17.1. The molecule has 158 valence electrons. The lowest BCUT2D eigenvalue weighted by molar-refractivity contribution is 0.598. The first-order valence-electron chi connectivity index (χ1n) is 9.70. The predicted molar refractivity (Wildman–Crippen MR) is 119 cm³/mol. The maximum atomic E-state index is 14.5. The summed E-state index contributed by atoms with van der Waals surface area (Å²) in [5, 5.41) is 0.413. The fraction of sp³-hybridized carbons (Fsp3) is 0.130. The standard InChI is InChI=1S/C23H20FN3O3S/c1-3-16-8-11-18(12-9-16)31(29,30)26-22-14-17(10-13-20(22)24)27-15(2)25-21-7-5-4-6-19(21)23(27)28/h4-14,26H,3H2,1-2H3. The zero-order chi connectivity index (χ0) is 22.2. The molecular weight excluding hydrogens is 417 g/mol. The van der Waals surface area contributed by atoms with Crippen LogP contribution in [0.15, 0.2) is 76.4 Å². The SMILES string of the molecule is CCc1ccc(S(=O)(=O)Nc2cc(-n3c(C)nc4ccccc4c3=O)ccc2F)cc1. The van der Waals surface area contributed by atoms with Crippen LogP contribution in [-0.2, 0) is 16.4 Å². The Kier molecular flexibility index (Phi) is 5.32. The summed E-state index contributed by atoms with van der Waals surface area (Å²) in [6.45, 7) is 3.63. The van der Waals surface area contributed by atoms with Crippen molar-refractivity contribution in [3.05, 3.63) is 94.3 Å². The Morgan fingerprint density at radius 3 is 2.45 bits per heavy atom. The molecule has 0 bridgehead atoms. The van der Waals surface area contributed by atoms with Crippen LogP contribution in [0, 0.1) is 12.7 Å². The Morgan fingerprint density at radius 2 is 1.74 bits per heavy atom. The molecule has 6 nitrogen and oxygen atoms in total. The molecule has 4 rings (SSSR count). The van der Waals surface area contributed by atoms with E-state index in [0.29, 0.717) is 22.4 Å². The van der Waals surface area contributed by atoms with Gasteiger partial charge in [-0.15, -0.1) is 0 Å². The topological polar surface area (TPSA) is 81.1 Å². The van der Waals surface area contributed by atoms with Gasteiger partial charge in [0.25, 0.3) is 15.6 Å². The highest BCUT2D eigenvalue weighted by Crippen LogP contribution is 2.23. The van der Waals surface area contributed by atoms with Crippen LogP contribution in [-0.4, -0.2) is 18.0 Å². The number of para-hydroxylation sites is 1. The highest BCUT2D eigenvalue weighted by atomic mass is 32.2. The third kappa shape index (κ3) is 3.94. The van der Waals surface area contributed by atoms with Gasteiger partial charge in [-0.1, -0.05) is 31.2 Å². The maximum absolute atomic E-state index is 14.5. The van der Waals surface area contributed by atoms with Crippen molar-refractivity contribution in [2.24, 2.45) is 0 Å². The van der Waals surface area contributed by atoms with Gasteiger partial charge in [0.1, 0.15) is 11.6 Å². The van der Waals surface area contributed by atoms with Gasteiger partial charge in [-0.05, 0) is 61.4 Å². The largest absolute Gasteiger partial charge is 0.277 e. The summed E-state index contributed by atoms with van der Waals surface area (Å²) in [7, 11) is -4.01. The van der Waals surface area contributed by atoms with Crippen LogP contribution in [0.3, 0.4) is 0 Å². The average molecular weight is 437 g/mol.